The zero-order chi connectivity index (χ0) is 10.1. The molecule has 0 fully saturated rings. The summed E-state index contributed by atoms with van der Waals surface area (Å²) in [5, 5.41) is 11.3. The summed E-state index contributed by atoms with van der Waals surface area (Å²) in [7, 11) is 0. The lowest BCUT2D eigenvalue weighted by Crippen LogP contribution is -1.90. The number of halogens is 2. The number of nitriles is 1. The minimum Gasteiger partial charge on any atom is -0.205 e. The Hall–Kier alpha value is -0.670. The third-order valence-electron chi connectivity index (χ3n) is 1.97. The monoisotopic (exact) mass is 317 g/mol. The van der Waals surface area contributed by atoms with Crippen molar-refractivity contribution >= 4 is 44.0 Å². The first-order chi connectivity index (χ1) is 6.74. The fourth-order valence-corrected chi connectivity index (χ4v) is 3.21. The summed E-state index contributed by atoms with van der Waals surface area (Å²) < 4.78 is 15.4. The van der Waals surface area contributed by atoms with Gasteiger partial charge in [0.1, 0.15) is 5.82 Å². The molecule has 0 aliphatic heterocycles. The summed E-state index contributed by atoms with van der Waals surface area (Å²) in [5.41, 5.74) is 0.492. The average Bonchev–Trinajstić information content (AvgIpc) is 2.63. The topological polar surface area (TPSA) is 23.8 Å². The molecule has 0 amide bonds. The van der Waals surface area contributed by atoms with Crippen LogP contribution in [0.2, 0.25) is 0 Å². The van der Waals surface area contributed by atoms with E-state index >= 15 is 0 Å². The van der Waals surface area contributed by atoms with Crippen molar-refractivity contribution < 1.29 is 4.39 Å². The van der Waals surface area contributed by atoms with E-state index < -0.39 is 0 Å². The number of rotatable bonds is 1. The Kier molecular flexibility index (Phi) is 2.70. The highest BCUT2D eigenvalue weighted by atomic mass is 127. The maximum Gasteiger partial charge on any atom is 0.145 e. The van der Waals surface area contributed by atoms with Gasteiger partial charge in [0.05, 0.1) is 17.2 Å². The molecular weight excluding hydrogens is 312 g/mol. The molecule has 14 heavy (non-hydrogen) atoms. The Bertz CT molecular complexity index is 527. The van der Waals surface area contributed by atoms with Gasteiger partial charge in [-0.3, -0.25) is 0 Å². The van der Waals surface area contributed by atoms with Crippen molar-refractivity contribution in [3.63, 3.8) is 0 Å². The van der Waals surface area contributed by atoms with Crippen molar-refractivity contribution in [1.29, 1.82) is 5.26 Å². The maximum atomic E-state index is 13.7. The normalized spacial score (nSPS) is 10.4. The van der Waals surface area contributed by atoms with Gasteiger partial charge in [-0.1, -0.05) is 0 Å². The van der Waals surface area contributed by atoms with Gasteiger partial charge >= 0.3 is 0 Å². The van der Waals surface area contributed by atoms with Crippen molar-refractivity contribution in [2.24, 2.45) is 0 Å². The van der Waals surface area contributed by atoms with E-state index in [1.165, 1.54) is 11.3 Å². The second-order valence-corrected chi connectivity index (χ2v) is 4.91. The van der Waals surface area contributed by atoms with Gasteiger partial charge in [0, 0.05) is 14.5 Å². The molecule has 0 saturated carbocycles. The summed E-state index contributed by atoms with van der Waals surface area (Å²) in [4.78, 5) is 0. The van der Waals surface area contributed by atoms with Crippen molar-refractivity contribution in [2.45, 2.75) is 6.42 Å². The number of hydrogen-bond acceptors (Lipinski definition) is 2. The molecule has 0 aliphatic rings. The summed E-state index contributed by atoms with van der Waals surface area (Å²) in [6.45, 7) is 0. The van der Waals surface area contributed by atoms with Crippen LogP contribution in [0.5, 0.6) is 0 Å². The summed E-state index contributed by atoms with van der Waals surface area (Å²) in [5.74, 6) is -0.239. The minimum absolute atomic E-state index is 0.135. The van der Waals surface area contributed by atoms with Gasteiger partial charge in [-0.2, -0.15) is 5.26 Å². The second-order valence-electron chi connectivity index (χ2n) is 2.83. The predicted molar refractivity (Wildman–Crippen MR) is 63.8 cm³/mol. The van der Waals surface area contributed by atoms with E-state index in [4.69, 9.17) is 5.26 Å². The Morgan fingerprint density at radius 2 is 2.36 bits per heavy atom. The SMILES string of the molecule is N#CCc1cc(I)c2ccsc2c1F. The van der Waals surface area contributed by atoms with E-state index in [-0.39, 0.29) is 12.2 Å². The molecule has 1 heterocycles. The first-order valence-electron chi connectivity index (χ1n) is 3.95. The highest BCUT2D eigenvalue weighted by Crippen LogP contribution is 2.30. The number of nitrogens with zero attached hydrogens (tertiary/aromatic N) is 1. The molecule has 0 atom stereocenters. The Morgan fingerprint density at radius 3 is 3.07 bits per heavy atom. The van der Waals surface area contributed by atoms with Crippen LogP contribution in [-0.2, 0) is 6.42 Å². The van der Waals surface area contributed by atoms with E-state index in [0.29, 0.717) is 10.3 Å². The predicted octanol–water partition coefficient (Wildman–Crippen LogP) is 3.71. The van der Waals surface area contributed by atoms with Gasteiger partial charge < -0.3 is 0 Å². The maximum absolute atomic E-state index is 13.7. The average molecular weight is 317 g/mol. The zero-order valence-corrected chi connectivity index (χ0v) is 10.0. The number of hydrogen-bond donors (Lipinski definition) is 0. The summed E-state index contributed by atoms with van der Waals surface area (Å²) >= 11 is 3.55. The van der Waals surface area contributed by atoms with Crippen LogP contribution in [-0.4, -0.2) is 0 Å². The lowest BCUT2D eigenvalue weighted by atomic mass is 10.1. The third kappa shape index (κ3) is 1.51. The van der Waals surface area contributed by atoms with Crippen LogP contribution in [0, 0.1) is 20.7 Å². The third-order valence-corrected chi connectivity index (χ3v) is 3.77. The van der Waals surface area contributed by atoms with Gasteiger partial charge in [0.25, 0.3) is 0 Å². The summed E-state index contributed by atoms with van der Waals surface area (Å²) in [6, 6.07) is 5.62. The lowest BCUT2D eigenvalue weighted by molar-refractivity contribution is 0.629. The van der Waals surface area contributed by atoms with Gasteiger partial charge in [0.2, 0.25) is 0 Å². The van der Waals surface area contributed by atoms with E-state index in [1.807, 2.05) is 17.5 Å². The van der Waals surface area contributed by atoms with Crippen LogP contribution in [0.4, 0.5) is 4.39 Å². The molecule has 1 aromatic carbocycles. The molecule has 0 bridgehead atoms. The molecule has 0 radical (unpaired) electrons. The van der Waals surface area contributed by atoms with Gasteiger partial charge in [-0.25, -0.2) is 4.39 Å². The van der Waals surface area contributed by atoms with Gasteiger partial charge in [-0.05, 0) is 40.1 Å². The molecule has 70 valence electrons. The fourth-order valence-electron chi connectivity index (χ4n) is 1.32. The number of fused-ring (bicyclic) bond motifs is 1. The molecule has 0 aliphatic carbocycles. The first kappa shape index (κ1) is 9.87. The van der Waals surface area contributed by atoms with Crippen LogP contribution >= 0.6 is 33.9 Å². The number of benzene rings is 1. The van der Waals surface area contributed by atoms with Crippen molar-refractivity contribution in [2.75, 3.05) is 0 Å². The van der Waals surface area contributed by atoms with Crippen LogP contribution < -0.4 is 0 Å². The minimum atomic E-state index is -0.239. The van der Waals surface area contributed by atoms with E-state index in [2.05, 4.69) is 22.6 Å². The fraction of sp³-hybridized carbons (Fsp3) is 0.100. The Labute approximate surface area is 98.3 Å². The second kappa shape index (κ2) is 3.83. The van der Waals surface area contributed by atoms with E-state index in [9.17, 15) is 4.39 Å². The largest absolute Gasteiger partial charge is 0.205 e. The van der Waals surface area contributed by atoms with Crippen LogP contribution in [0.15, 0.2) is 17.5 Å². The molecule has 0 N–H and O–H groups in total. The molecule has 1 aromatic heterocycles. The molecular formula is C10H5FINS. The highest BCUT2D eigenvalue weighted by molar-refractivity contribution is 14.1. The quantitative estimate of drug-likeness (QED) is 0.736. The number of thiophene rings is 1. The molecule has 0 spiro atoms. The highest BCUT2D eigenvalue weighted by Gasteiger charge is 2.11. The zero-order valence-electron chi connectivity index (χ0n) is 7.05. The van der Waals surface area contributed by atoms with Crippen molar-refractivity contribution in [3.05, 3.63) is 32.5 Å². The molecule has 4 heteroatoms. The van der Waals surface area contributed by atoms with Gasteiger partial charge in [-0.15, -0.1) is 11.3 Å². The molecule has 2 aromatic rings. The lowest BCUT2D eigenvalue weighted by Gasteiger charge is -2.01. The smallest absolute Gasteiger partial charge is 0.145 e. The van der Waals surface area contributed by atoms with Crippen molar-refractivity contribution in [1.82, 2.24) is 0 Å². The van der Waals surface area contributed by atoms with Crippen LogP contribution in [0.3, 0.4) is 0 Å². The molecule has 0 unspecified atom stereocenters. The van der Waals surface area contributed by atoms with Crippen molar-refractivity contribution in [3.8, 4) is 6.07 Å². The molecule has 0 saturated heterocycles. The standard InChI is InChI=1S/C10H5FINS/c11-9-6(1-3-13)5-8(12)7-2-4-14-10(7)9/h2,4-5H,1H2. The Morgan fingerprint density at radius 1 is 1.57 bits per heavy atom. The van der Waals surface area contributed by atoms with Crippen LogP contribution in [0.1, 0.15) is 5.56 Å². The van der Waals surface area contributed by atoms with Crippen LogP contribution in [0.25, 0.3) is 10.1 Å². The van der Waals surface area contributed by atoms with Gasteiger partial charge in [0.15, 0.2) is 0 Å². The first-order valence-corrected chi connectivity index (χ1v) is 5.91. The van der Waals surface area contributed by atoms with E-state index in [0.717, 1.165) is 8.96 Å². The van der Waals surface area contributed by atoms with E-state index in [1.54, 1.807) is 6.07 Å². The summed E-state index contributed by atoms with van der Waals surface area (Å²) in [6.07, 6.45) is 0.135. The Balaban J connectivity index is 2.76. The molecule has 2 rings (SSSR count). The molecule has 1 nitrogen and oxygen atoms in total.